The number of hydrogen-bond donors (Lipinski definition) is 0. The normalized spacial score (nSPS) is 11.3. The molecule has 0 N–H and O–H groups in total. The number of nitriles is 1. The summed E-state index contributed by atoms with van der Waals surface area (Å²) in [6.45, 7) is 0. The van der Waals surface area contributed by atoms with E-state index in [0.29, 0.717) is 22.9 Å². The fourth-order valence-electron chi connectivity index (χ4n) is 2.61. The van der Waals surface area contributed by atoms with E-state index in [9.17, 15) is 5.26 Å². The van der Waals surface area contributed by atoms with Gasteiger partial charge in [0.05, 0.1) is 30.8 Å². The molecule has 24 heavy (non-hydrogen) atoms. The standard InChI is InChI=1S/C19H17N3O2/c1-22-18-7-5-4-6-17(18)21-19(22)14(12-20)8-13-9-15(23-2)11-16(10-13)24-3/h4-11H,1-3H3/b14-8+. The van der Waals surface area contributed by atoms with Crippen molar-refractivity contribution in [1.29, 1.82) is 5.26 Å². The van der Waals surface area contributed by atoms with Gasteiger partial charge in [-0.3, -0.25) is 0 Å². The second kappa shape index (κ2) is 6.47. The van der Waals surface area contributed by atoms with E-state index in [1.54, 1.807) is 26.4 Å². The molecule has 0 aliphatic carbocycles. The van der Waals surface area contributed by atoms with Crippen LogP contribution in [-0.4, -0.2) is 23.8 Å². The fourth-order valence-corrected chi connectivity index (χ4v) is 2.61. The molecule has 0 fully saturated rings. The minimum absolute atomic E-state index is 0.476. The first-order valence-corrected chi connectivity index (χ1v) is 7.43. The Hall–Kier alpha value is -3.26. The molecule has 0 aliphatic rings. The second-order valence-electron chi connectivity index (χ2n) is 5.30. The van der Waals surface area contributed by atoms with Crippen LogP contribution in [0, 0.1) is 11.3 Å². The summed E-state index contributed by atoms with van der Waals surface area (Å²) in [5.41, 5.74) is 3.13. The molecule has 0 saturated carbocycles. The maximum Gasteiger partial charge on any atom is 0.151 e. The predicted octanol–water partition coefficient (Wildman–Crippen LogP) is 3.65. The molecule has 2 aromatic carbocycles. The van der Waals surface area contributed by atoms with Gasteiger partial charge in [-0.2, -0.15) is 5.26 Å². The maximum absolute atomic E-state index is 9.61. The second-order valence-corrected chi connectivity index (χ2v) is 5.30. The van der Waals surface area contributed by atoms with E-state index in [1.807, 2.05) is 48.0 Å². The summed E-state index contributed by atoms with van der Waals surface area (Å²) in [6.07, 6.45) is 1.78. The molecule has 0 aliphatic heterocycles. The summed E-state index contributed by atoms with van der Waals surface area (Å²) in [6, 6.07) is 15.5. The number of aromatic nitrogens is 2. The van der Waals surface area contributed by atoms with Gasteiger partial charge in [-0.15, -0.1) is 0 Å². The predicted molar refractivity (Wildman–Crippen MR) is 93.7 cm³/mol. The molecule has 1 aromatic heterocycles. The fraction of sp³-hybridized carbons (Fsp3) is 0.158. The van der Waals surface area contributed by atoms with Gasteiger partial charge in [0.15, 0.2) is 5.82 Å². The number of fused-ring (bicyclic) bond motifs is 1. The molecule has 3 aromatic rings. The van der Waals surface area contributed by atoms with Gasteiger partial charge in [-0.05, 0) is 35.9 Å². The first kappa shape index (κ1) is 15.6. The molecule has 3 rings (SSSR count). The zero-order valence-corrected chi connectivity index (χ0v) is 13.8. The number of ether oxygens (including phenoxy) is 2. The summed E-state index contributed by atoms with van der Waals surface area (Å²) >= 11 is 0. The lowest BCUT2D eigenvalue weighted by Crippen LogP contribution is -1.96. The lowest BCUT2D eigenvalue weighted by molar-refractivity contribution is 0.394. The number of benzene rings is 2. The first-order chi connectivity index (χ1) is 11.7. The van der Waals surface area contributed by atoms with E-state index in [1.165, 1.54) is 0 Å². The number of hydrogen-bond acceptors (Lipinski definition) is 4. The summed E-state index contributed by atoms with van der Waals surface area (Å²) in [4.78, 5) is 4.57. The molecule has 5 nitrogen and oxygen atoms in total. The van der Waals surface area contributed by atoms with Crippen LogP contribution >= 0.6 is 0 Å². The molecule has 0 saturated heterocycles. The van der Waals surface area contributed by atoms with Crippen molar-refractivity contribution in [3.63, 3.8) is 0 Å². The topological polar surface area (TPSA) is 60.1 Å². The highest BCUT2D eigenvalue weighted by atomic mass is 16.5. The van der Waals surface area contributed by atoms with Crippen LogP contribution in [0.5, 0.6) is 11.5 Å². The van der Waals surface area contributed by atoms with Gasteiger partial charge in [-0.1, -0.05) is 12.1 Å². The molecular formula is C19H17N3O2. The Morgan fingerprint density at radius 3 is 2.38 bits per heavy atom. The molecule has 0 amide bonds. The summed E-state index contributed by atoms with van der Waals surface area (Å²) in [5.74, 6) is 1.96. The van der Waals surface area contributed by atoms with Gasteiger partial charge in [0.25, 0.3) is 0 Å². The van der Waals surface area contributed by atoms with E-state index in [4.69, 9.17) is 9.47 Å². The van der Waals surface area contributed by atoms with Gasteiger partial charge in [0.1, 0.15) is 17.6 Å². The van der Waals surface area contributed by atoms with Crippen LogP contribution in [0.3, 0.4) is 0 Å². The zero-order valence-electron chi connectivity index (χ0n) is 13.8. The van der Waals surface area contributed by atoms with Crippen LogP contribution in [0.25, 0.3) is 22.7 Å². The number of allylic oxidation sites excluding steroid dienone is 1. The minimum atomic E-state index is 0.476. The van der Waals surface area contributed by atoms with Gasteiger partial charge in [-0.25, -0.2) is 4.98 Å². The van der Waals surface area contributed by atoms with Crippen LogP contribution < -0.4 is 9.47 Å². The number of para-hydroxylation sites is 2. The van der Waals surface area contributed by atoms with E-state index in [0.717, 1.165) is 16.6 Å². The highest BCUT2D eigenvalue weighted by molar-refractivity contribution is 5.91. The molecule has 0 radical (unpaired) electrons. The van der Waals surface area contributed by atoms with Crippen LogP contribution in [0.15, 0.2) is 42.5 Å². The van der Waals surface area contributed by atoms with Crippen LogP contribution in [0.2, 0.25) is 0 Å². The number of imidazole rings is 1. The third-order valence-electron chi connectivity index (χ3n) is 3.83. The Bertz CT molecular complexity index is 942. The van der Waals surface area contributed by atoms with Crippen LogP contribution in [-0.2, 0) is 7.05 Å². The molecular weight excluding hydrogens is 302 g/mol. The number of nitrogens with zero attached hydrogens (tertiary/aromatic N) is 3. The highest BCUT2D eigenvalue weighted by Crippen LogP contribution is 2.27. The van der Waals surface area contributed by atoms with Crippen molar-refractivity contribution in [2.24, 2.45) is 7.05 Å². The SMILES string of the molecule is COc1cc(/C=C(\C#N)c2nc3ccccc3n2C)cc(OC)c1. The van der Waals surface area contributed by atoms with Gasteiger partial charge >= 0.3 is 0 Å². The summed E-state index contributed by atoms with van der Waals surface area (Å²) in [7, 11) is 5.10. The van der Waals surface area contributed by atoms with Crippen molar-refractivity contribution in [3.05, 3.63) is 53.9 Å². The summed E-state index contributed by atoms with van der Waals surface area (Å²) < 4.78 is 12.5. The minimum Gasteiger partial charge on any atom is -0.497 e. The van der Waals surface area contributed by atoms with Crippen molar-refractivity contribution in [2.45, 2.75) is 0 Å². The molecule has 0 unspecified atom stereocenters. The van der Waals surface area contributed by atoms with E-state index in [-0.39, 0.29) is 0 Å². The average molecular weight is 319 g/mol. The molecule has 0 bridgehead atoms. The quantitative estimate of drug-likeness (QED) is 0.689. The third kappa shape index (κ3) is 2.82. The lowest BCUT2D eigenvalue weighted by Gasteiger charge is -2.06. The van der Waals surface area contributed by atoms with E-state index >= 15 is 0 Å². The average Bonchev–Trinajstić information content (AvgIpc) is 2.96. The Balaban J connectivity index is 2.13. The smallest absolute Gasteiger partial charge is 0.151 e. The lowest BCUT2D eigenvalue weighted by atomic mass is 10.1. The molecule has 0 atom stereocenters. The van der Waals surface area contributed by atoms with Crippen molar-refractivity contribution in [3.8, 4) is 17.6 Å². The third-order valence-corrected chi connectivity index (χ3v) is 3.83. The maximum atomic E-state index is 9.61. The molecule has 120 valence electrons. The Labute approximate surface area is 140 Å². The van der Waals surface area contributed by atoms with Crippen LogP contribution in [0.4, 0.5) is 0 Å². The Kier molecular flexibility index (Phi) is 4.21. The Morgan fingerprint density at radius 1 is 1.12 bits per heavy atom. The van der Waals surface area contributed by atoms with Gasteiger partial charge < -0.3 is 14.0 Å². The number of aryl methyl sites for hydroxylation is 1. The molecule has 0 spiro atoms. The van der Waals surface area contributed by atoms with E-state index < -0.39 is 0 Å². The van der Waals surface area contributed by atoms with Crippen molar-refractivity contribution in [1.82, 2.24) is 9.55 Å². The molecule has 1 heterocycles. The van der Waals surface area contributed by atoms with Crippen molar-refractivity contribution >= 4 is 22.7 Å². The van der Waals surface area contributed by atoms with E-state index in [2.05, 4.69) is 11.1 Å². The highest BCUT2D eigenvalue weighted by Gasteiger charge is 2.12. The molecule has 5 heteroatoms. The van der Waals surface area contributed by atoms with Crippen LogP contribution in [0.1, 0.15) is 11.4 Å². The number of rotatable bonds is 4. The van der Waals surface area contributed by atoms with Gasteiger partial charge in [0.2, 0.25) is 0 Å². The van der Waals surface area contributed by atoms with Gasteiger partial charge in [0, 0.05) is 13.1 Å². The number of methoxy groups -OCH3 is 2. The first-order valence-electron chi connectivity index (χ1n) is 7.43. The largest absolute Gasteiger partial charge is 0.497 e. The summed E-state index contributed by atoms with van der Waals surface area (Å²) in [5, 5.41) is 9.61. The van der Waals surface area contributed by atoms with Crippen molar-refractivity contribution < 1.29 is 9.47 Å². The zero-order chi connectivity index (χ0) is 17.1. The Morgan fingerprint density at radius 2 is 1.79 bits per heavy atom. The monoisotopic (exact) mass is 319 g/mol. The van der Waals surface area contributed by atoms with Crippen molar-refractivity contribution in [2.75, 3.05) is 14.2 Å².